The Labute approximate surface area is 155 Å². The van der Waals surface area contributed by atoms with Crippen LogP contribution in [0.25, 0.3) is 0 Å². The topological polar surface area (TPSA) is 117 Å². The van der Waals surface area contributed by atoms with Gasteiger partial charge in [0, 0.05) is 5.56 Å². The minimum atomic E-state index is -0.698. The van der Waals surface area contributed by atoms with Crippen molar-refractivity contribution in [2.75, 3.05) is 26.1 Å². The molecule has 0 aliphatic carbocycles. The fraction of sp³-hybridized carbons (Fsp3) is 0.222. The molecule has 0 spiro atoms. The van der Waals surface area contributed by atoms with Gasteiger partial charge in [-0.1, -0.05) is 18.2 Å². The highest BCUT2D eigenvalue weighted by atomic mass is 16.6. The molecule has 0 unspecified atom stereocenters. The van der Waals surface area contributed by atoms with Gasteiger partial charge >= 0.3 is 5.97 Å². The largest absolute Gasteiger partial charge is 0.496 e. The van der Waals surface area contributed by atoms with Crippen LogP contribution in [0.1, 0.15) is 5.56 Å². The van der Waals surface area contributed by atoms with Gasteiger partial charge in [0.05, 0.1) is 31.6 Å². The minimum absolute atomic E-state index is 0.0217. The third kappa shape index (κ3) is 5.43. The molecule has 0 heterocycles. The number of nitro benzene ring substituents is 1. The van der Waals surface area contributed by atoms with Crippen molar-refractivity contribution in [1.82, 2.24) is 0 Å². The number of benzene rings is 2. The second-order valence-electron chi connectivity index (χ2n) is 5.34. The van der Waals surface area contributed by atoms with Crippen LogP contribution in [-0.4, -0.2) is 37.6 Å². The van der Waals surface area contributed by atoms with Gasteiger partial charge in [0.25, 0.3) is 11.6 Å². The first-order valence-corrected chi connectivity index (χ1v) is 7.84. The Morgan fingerprint density at radius 3 is 2.52 bits per heavy atom. The lowest BCUT2D eigenvalue weighted by molar-refractivity contribution is -0.384. The number of ether oxygens (including phenoxy) is 3. The maximum atomic E-state index is 12.0. The Kier molecular flexibility index (Phi) is 6.70. The van der Waals surface area contributed by atoms with E-state index in [0.717, 1.165) is 0 Å². The molecule has 0 saturated heterocycles. The van der Waals surface area contributed by atoms with Crippen LogP contribution < -0.4 is 14.8 Å². The van der Waals surface area contributed by atoms with Gasteiger partial charge in [-0.2, -0.15) is 0 Å². The average molecular weight is 374 g/mol. The molecule has 1 amide bonds. The van der Waals surface area contributed by atoms with Crippen LogP contribution in [0, 0.1) is 10.1 Å². The molecule has 2 aromatic rings. The van der Waals surface area contributed by atoms with Crippen LogP contribution in [-0.2, 0) is 20.7 Å². The number of nitrogens with zero attached hydrogens (tertiary/aromatic N) is 1. The molecule has 142 valence electrons. The Morgan fingerprint density at radius 2 is 1.85 bits per heavy atom. The molecule has 1 N–H and O–H groups in total. The first-order chi connectivity index (χ1) is 12.9. The molecule has 9 heteroatoms. The van der Waals surface area contributed by atoms with E-state index in [9.17, 15) is 19.7 Å². The summed E-state index contributed by atoms with van der Waals surface area (Å²) in [6.07, 6.45) is -0.0695. The maximum absolute atomic E-state index is 12.0. The normalized spacial score (nSPS) is 10.0. The lowest BCUT2D eigenvalue weighted by Gasteiger charge is -2.09. The molecule has 0 bridgehead atoms. The number of amides is 1. The lowest BCUT2D eigenvalue weighted by atomic mass is 10.1. The fourth-order valence-corrected chi connectivity index (χ4v) is 2.28. The molecule has 0 saturated carbocycles. The summed E-state index contributed by atoms with van der Waals surface area (Å²) in [5.74, 6) is -0.508. The van der Waals surface area contributed by atoms with Crippen molar-refractivity contribution in [3.8, 4) is 11.5 Å². The number of carbonyl (C=O) groups excluding carboxylic acids is 2. The number of hydrogen-bond acceptors (Lipinski definition) is 7. The molecule has 0 atom stereocenters. The summed E-state index contributed by atoms with van der Waals surface area (Å²) in [6, 6.07) is 10.9. The van der Waals surface area contributed by atoms with Crippen LogP contribution in [0.3, 0.4) is 0 Å². The number of nitro groups is 1. The molecule has 9 nitrogen and oxygen atoms in total. The van der Waals surface area contributed by atoms with Gasteiger partial charge in [0.2, 0.25) is 0 Å². The Balaban J connectivity index is 1.94. The first-order valence-electron chi connectivity index (χ1n) is 7.84. The number of methoxy groups -OCH3 is 2. The molecule has 2 aromatic carbocycles. The van der Waals surface area contributed by atoms with Crippen LogP contribution in [0.15, 0.2) is 42.5 Å². The summed E-state index contributed by atoms with van der Waals surface area (Å²) in [5, 5.41) is 13.4. The number of anilines is 1. The van der Waals surface area contributed by atoms with Gasteiger partial charge in [0.1, 0.15) is 17.2 Å². The van der Waals surface area contributed by atoms with Gasteiger partial charge in [-0.25, -0.2) is 0 Å². The summed E-state index contributed by atoms with van der Waals surface area (Å²) in [5.41, 5.74) is 0.269. The fourth-order valence-electron chi connectivity index (χ4n) is 2.28. The van der Waals surface area contributed by atoms with Crippen molar-refractivity contribution in [1.29, 1.82) is 0 Å². The Hall–Kier alpha value is -3.62. The van der Waals surface area contributed by atoms with Crippen LogP contribution >= 0.6 is 0 Å². The smallest absolute Gasteiger partial charge is 0.310 e. The average Bonchev–Trinajstić information content (AvgIpc) is 2.67. The van der Waals surface area contributed by atoms with E-state index in [1.807, 2.05) is 0 Å². The molecule has 0 aliphatic heterocycles. The van der Waals surface area contributed by atoms with Crippen LogP contribution in [0.2, 0.25) is 0 Å². The van der Waals surface area contributed by atoms with Crippen LogP contribution in [0.5, 0.6) is 11.5 Å². The van der Waals surface area contributed by atoms with Gasteiger partial charge < -0.3 is 19.5 Å². The number of hydrogen-bond donors (Lipinski definition) is 1. The molecule has 2 rings (SSSR count). The van der Waals surface area contributed by atoms with Crippen molar-refractivity contribution in [3.63, 3.8) is 0 Å². The molecule has 0 aliphatic rings. The van der Waals surface area contributed by atoms with Crippen molar-refractivity contribution in [3.05, 3.63) is 58.1 Å². The number of para-hydroxylation sites is 1. The van der Waals surface area contributed by atoms with Gasteiger partial charge in [-0.15, -0.1) is 0 Å². The predicted molar refractivity (Wildman–Crippen MR) is 95.9 cm³/mol. The third-order valence-electron chi connectivity index (χ3n) is 3.57. The molecule has 0 aromatic heterocycles. The zero-order valence-corrected chi connectivity index (χ0v) is 14.8. The highest BCUT2D eigenvalue weighted by Gasteiger charge is 2.18. The zero-order valence-electron chi connectivity index (χ0n) is 14.8. The standard InChI is InChI=1S/C18H18N2O7/c1-25-13-7-8-14(15(10-13)20(23)24)19-17(21)11-27-18(22)9-12-5-3-4-6-16(12)26-2/h3-8,10H,9,11H2,1-2H3,(H,19,21). The quantitative estimate of drug-likeness (QED) is 0.428. The van der Waals surface area contributed by atoms with Gasteiger partial charge in [0.15, 0.2) is 6.61 Å². The van der Waals surface area contributed by atoms with Gasteiger partial charge in [-0.3, -0.25) is 19.7 Å². The van der Waals surface area contributed by atoms with Crippen molar-refractivity contribution >= 4 is 23.3 Å². The monoisotopic (exact) mass is 374 g/mol. The molecular weight excluding hydrogens is 356 g/mol. The Morgan fingerprint density at radius 1 is 1.11 bits per heavy atom. The lowest BCUT2D eigenvalue weighted by Crippen LogP contribution is -2.22. The van der Waals surface area contributed by atoms with Crippen molar-refractivity contribution in [2.45, 2.75) is 6.42 Å². The zero-order chi connectivity index (χ0) is 19.8. The van der Waals surface area contributed by atoms with Crippen molar-refractivity contribution in [2.24, 2.45) is 0 Å². The second kappa shape index (κ2) is 9.18. The van der Waals surface area contributed by atoms with Crippen LogP contribution in [0.4, 0.5) is 11.4 Å². The number of rotatable bonds is 8. The number of carbonyl (C=O) groups is 2. The highest BCUT2D eigenvalue weighted by molar-refractivity contribution is 5.95. The number of esters is 1. The summed E-state index contributed by atoms with van der Waals surface area (Å²) in [4.78, 5) is 34.3. The maximum Gasteiger partial charge on any atom is 0.310 e. The predicted octanol–water partition coefficient (Wildman–Crippen LogP) is 2.34. The minimum Gasteiger partial charge on any atom is -0.496 e. The van der Waals surface area contributed by atoms with E-state index in [2.05, 4.69) is 5.32 Å². The van der Waals surface area contributed by atoms with E-state index in [0.29, 0.717) is 11.3 Å². The third-order valence-corrected chi connectivity index (χ3v) is 3.57. The van der Waals surface area contributed by atoms with E-state index < -0.39 is 23.4 Å². The van der Waals surface area contributed by atoms with E-state index in [1.54, 1.807) is 24.3 Å². The van der Waals surface area contributed by atoms with E-state index in [1.165, 1.54) is 32.4 Å². The van der Waals surface area contributed by atoms with Crippen molar-refractivity contribution < 1.29 is 28.7 Å². The van der Waals surface area contributed by atoms with E-state index in [-0.39, 0.29) is 23.5 Å². The summed E-state index contributed by atoms with van der Waals surface area (Å²) in [6.45, 7) is -0.572. The van der Waals surface area contributed by atoms with E-state index in [4.69, 9.17) is 14.2 Å². The van der Waals surface area contributed by atoms with E-state index >= 15 is 0 Å². The summed E-state index contributed by atoms with van der Waals surface area (Å²) >= 11 is 0. The molecule has 27 heavy (non-hydrogen) atoms. The SMILES string of the molecule is COc1ccc(NC(=O)COC(=O)Cc2ccccc2OC)c([N+](=O)[O-])c1. The summed E-state index contributed by atoms with van der Waals surface area (Å²) < 4.78 is 15.0. The first kappa shape index (κ1) is 19.7. The molecule has 0 radical (unpaired) electrons. The molecular formula is C18H18N2O7. The number of nitrogens with one attached hydrogen (secondary N) is 1. The van der Waals surface area contributed by atoms with Gasteiger partial charge in [-0.05, 0) is 18.2 Å². The summed E-state index contributed by atoms with van der Waals surface area (Å²) in [7, 11) is 2.86. The second-order valence-corrected chi connectivity index (χ2v) is 5.34. The molecule has 0 fully saturated rings. The Bertz CT molecular complexity index is 851. The highest BCUT2D eigenvalue weighted by Crippen LogP contribution is 2.28.